The minimum absolute atomic E-state index is 0.132. The summed E-state index contributed by atoms with van der Waals surface area (Å²) in [5, 5.41) is 0.682. The first-order valence-electron chi connectivity index (χ1n) is 5.36. The van der Waals surface area contributed by atoms with Crippen LogP contribution in [-0.2, 0) is 0 Å². The fourth-order valence-electron chi connectivity index (χ4n) is 1.79. The summed E-state index contributed by atoms with van der Waals surface area (Å²) in [6.07, 6.45) is 4.58. The van der Waals surface area contributed by atoms with Crippen molar-refractivity contribution in [2.75, 3.05) is 0 Å². The molecule has 1 heterocycles. The summed E-state index contributed by atoms with van der Waals surface area (Å²) in [4.78, 5) is 4.11. The van der Waals surface area contributed by atoms with Crippen LogP contribution in [0.15, 0.2) is 18.5 Å². The smallest absolute Gasteiger partial charge is 0.0592 e. The van der Waals surface area contributed by atoms with Gasteiger partial charge in [-0.2, -0.15) is 0 Å². The summed E-state index contributed by atoms with van der Waals surface area (Å²) < 4.78 is 0. The van der Waals surface area contributed by atoms with Crippen molar-refractivity contribution in [3.05, 3.63) is 29.0 Å². The van der Waals surface area contributed by atoms with Crippen LogP contribution in [-0.4, -0.2) is 11.0 Å². The predicted molar refractivity (Wildman–Crippen MR) is 65.1 cm³/mol. The maximum absolute atomic E-state index is 6.00. The molecule has 0 bridgehead atoms. The third-order valence-corrected chi connectivity index (χ3v) is 2.72. The lowest BCUT2D eigenvalue weighted by atomic mass is 9.86. The second-order valence-corrected chi connectivity index (χ2v) is 4.97. The molecule has 0 aliphatic heterocycles. The minimum Gasteiger partial charge on any atom is -0.327 e. The Kier molecular flexibility index (Phi) is 4.55. The molecule has 1 aromatic heterocycles. The van der Waals surface area contributed by atoms with Gasteiger partial charge in [-0.15, -0.1) is 0 Å². The van der Waals surface area contributed by atoms with Gasteiger partial charge in [-0.3, -0.25) is 4.98 Å². The molecule has 0 spiro atoms. The molecule has 2 nitrogen and oxygen atoms in total. The Bertz CT molecular complexity index is 310. The lowest BCUT2D eigenvalue weighted by Gasteiger charge is -2.22. The summed E-state index contributed by atoms with van der Waals surface area (Å²) in [7, 11) is 0. The molecule has 0 radical (unpaired) electrons. The van der Waals surface area contributed by atoms with Crippen molar-refractivity contribution in [2.45, 2.75) is 39.2 Å². The van der Waals surface area contributed by atoms with Gasteiger partial charge in [0.25, 0.3) is 0 Å². The van der Waals surface area contributed by atoms with E-state index in [2.05, 4.69) is 18.8 Å². The molecule has 1 aromatic rings. The molecule has 3 heteroatoms. The molecule has 2 unspecified atom stereocenters. The molecule has 0 saturated heterocycles. The number of halogens is 1. The van der Waals surface area contributed by atoms with E-state index in [9.17, 15) is 0 Å². The number of nitrogens with zero attached hydrogens (tertiary/aromatic N) is 1. The van der Waals surface area contributed by atoms with E-state index in [1.807, 2.05) is 19.2 Å². The summed E-state index contributed by atoms with van der Waals surface area (Å²) in [5.41, 5.74) is 7.14. The van der Waals surface area contributed by atoms with Gasteiger partial charge in [0.1, 0.15) is 0 Å². The van der Waals surface area contributed by atoms with Gasteiger partial charge in [-0.05, 0) is 30.9 Å². The Morgan fingerprint density at radius 2 is 2.00 bits per heavy atom. The molecule has 0 saturated carbocycles. The van der Waals surface area contributed by atoms with E-state index in [-0.39, 0.29) is 6.04 Å². The highest BCUT2D eigenvalue weighted by molar-refractivity contribution is 6.30. The van der Waals surface area contributed by atoms with E-state index in [0.717, 1.165) is 12.0 Å². The summed E-state index contributed by atoms with van der Waals surface area (Å²) in [6.45, 7) is 6.44. The van der Waals surface area contributed by atoms with E-state index >= 15 is 0 Å². The fraction of sp³-hybridized carbons (Fsp3) is 0.583. The Labute approximate surface area is 96.8 Å². The van der Waals surface area contributed by atoms with Gasteiger partial charge in [0.05, 0.1) is 5.02 Å². The average molecular weight is 227 g/mol. The Morgan fingerprint density at radius 1 is 1.33 bits per heavy atom. The largest absolute Gasteiger partial charge is 0.327 e. The molecular formula is C12H19ClN2. The topological polar surface area (TPSA) is 38.9 Å². The Hall–Kier alpha value is -0.600. The monoisotopic (exact) mass is 226 g/mol. The first kappa shape index (κ1) is 12.5. The molecule has 0 amide bonds. The second kappa shape index (κ2) is 5.47. The van der Waals surface area contributed by atoms with E-state index in [1.54, 1.807) is 6.20 Å². The zero-order valence-corrected chi connectivity index (χ0v) is 10.3. The average Bonchev–Trinajstić information content (AvgIpc) is 2.13. The molecule has 2 N–H and O–H groups in total. The van der Waals surface area contributed by atoms with Crippen molar-refractivity contribution >= 4 is 11.6 Å². The van der Waals surface area contributed by atoms with E-state index in [0.29, 0.717) is 16.9 Å². The maximum Gasteiger partial charge on any atom is 0.0592 e. The number of rotatable bonds is 4. The molecule has 84 valence electrons. The fourth-order valence-corrected chi connectivity index (χ4v) is 1.98. The third kappa shape index (κ3) is 3.80. The highest BCUT2D eigenvalue weighted by atomic mass is 35.5. The standard InChI is InChI=1S/C12H19ClN2/c1-8(2)4-12(9(3)14)10-5-11(13)7-15-6-10/h5-9,12H,4,14H2,1-3H3. The quantitative estimate of drug-likeness (QED) is 0.856. The van der Waals surface area contributed by atoms with Crippen LogP contribution < -0.4 is 5.73 Å². The number of pyridine rings is 1. The highest BCUT2D eigenvalue weighted by Crippen LogP contribution is 2.27. The molecule has 0 fully saturated rings. The van der Waals surface area contributed by atoms with Gasteiger partial charge in [0.2, 0.25) is 0 Å². The van der Waals surface area contributed by atoms with Crippen molar-refractivity contribution in [1.29, 1.82) is 0 Å². The van der Waals surface area contributed by atoms with Gasteiger partial charge in [0.15, 0.2) is 0 Å². The van der Waals surface area contributed by atoms with E-state index in [4.69, 9.17) is 17.3 Å². The van der Waals surface area contributed by atoms with Crippen LogP contribution >= 0.6 is 11.6 Å². The van der Waals surface area contributed by atoms with Crippen LogP contribution in [0.5, 0.6) is 0 Å². The van der Waals surface area contributed by atoms with Gasteiger partial charge in [-0.1, -0.05) is 25.4 Å². The van der Waals surface area contributed by atoms with Crippen LogP contribution in [0.1, 0.15) is 38.7 Å². The lowest BCUT2D eigenvalue weighted by molar-refractivity contribution is 0.449. The maximum atomic E-state index is 6.00. The first-order valence-corrected chi connectivity index (χ1v) is 5.74. The molecular weight excluding hydrogens is 208 g/mol. The second-order valence-electron chi connectivity index (χ2n) is 4.53. The van der Waals surface area contributed by atoms with Crippen molar-refractivity contribution in [3.8, 4) is 0 Å². The summed E-state index contributed by atoms with van der Waals surface area (Å²) in [6, 6.07) is 2.10. The summed E-state index contributed by atoms with van der Waals surface area (Å²) >= 11 is 5.93. The van der Waals surface area contributed by atoms with Gasteiger partial charge >= 0.3 is 0 Å². The van der Waals surface area contributed by atoms with Crippen LogP contribution in [0.4, 0.5) is 0 Å². The van der Waals surface area contributed by atoms with Gasteiger partial charge in [-0.25, -0.2) is 0 Å². The van der Waals surface area contributed by atoms with Gasteiger partial charge < -0.3 is 5.73 Å². The molecule has 0 aliphatic carbocycles. The third-order valence-electron chi connectivity index (χ3n) is 2.51. The SMILES string of the molecule is CC(C)CC(c1cncc(Cl)c1)C(C)N. The minimum atomic E-state index is 0.132. The number of nitrogens with two attached hydrogens (primary N) is 1. The summed E-state index contributed by atoms with van der Waals surface area (Å²) in [5.74, 6) is 0.969. The van der Waals surface area contributed by atoms with E-state index in [1.165, 1.54) is 0 Å². The Balaban J connectivity index is 2.88. The van der Waals surface area contributed by atoms with Crippen LogP contribution in [0.2, 0.25) is 5.02 Å². The Morgan fingerprint density at radius 3 is 2.47 bits per heavy atom. The predicted octanol–water partition coefficient (Wildman–Crippen LogP) is 3.21. The zero-order chi connectivity index (χ0) is 11.4. The van der Waals surface area contributed by atoms with E-state index < -0.39 is 0 Å². The van der Waals surface area contributed by atoms with Crippen molar-refractivity contribution < 1.29 is 0 Å². The van der Waals surface area contributed by atoms with Crippen LogP contribution in [0.3, 0.4) is 0 Å². The van der Waals surface area contributed by atoms with Crippen molar-refractivity contribution in [1.82, 2.24) is 4.98 Å². The lowest BCUT2D eigenvalue weighted by Crippen LogP contribution is -2.26. The first-order chi connectivity index (χ1) is 7.00. The molecule has 15 heavy (non-hydrogen) atoms. The number of hydrogen-bond acceptors (Lipinski definition) is 2. The zero-order valence-electron chi connectivity index (χ0n) is 9.57. The van der Waals surface area contributed by atoms with Crippen molar-refractivity contribution in [3.63, 3.8) is 0 Å². The normalized spacial score (nSPS) is 15.3. The molecule has 1 rings (SSSR count). The van der Waals surface area contributed by atoms with Crippen LogP contribution in [0, 0.1) is 5.92 Å². The molecule has 2 atom stereocenters. The highest BCUT2D eigenvalue weighted by Gasteiger charge is 2.18. The molecule has 0 aliphatic rings. The number of hydrogen-bond donors (Lipinski definition) is 1. The number of aromatic nitrogens is 1. The molecule has 0 aromatic carbocycles. The van der Waals surface area contributed by atoms with Crippen LogP contribution in [0.25, 0.3) is 0 Å². The van der Waals surface area contributed by atoms with Gasteiger partial charge in [0, 0.05) is 24.4 Å². The van der Waals surface area contributed by atoms with Crippen molar-refractivity contribution in [2.24, 2.45) is 11.7 Å².